The fourth-order valence-electron chi connectivity index (χ4n) is 2.07. The number of rotatable bonds is 4. The van der Waals surface area contributed by atoms with Crippen molar-refractivity contribution in [3.05, 3.63) is 35.6 Å². The van der Waals surface area contributed by atoms with Crippen LogP contribution in [-0.2, 0) is 4.79 Å². The summed E-state index contributed by atoms with van der Waals surface area (Å²) in [5.74, 6) is -0.0101. The van der Waals surface area contributed by atoms with Crippen LogP contribution >= 0.6 is 0 Å². The van der Waals surface area contributed by atoms with Gasteiger partial charge in [-0.05, 0) is 24.3 Å². The van der Waals surface area contributed by atoms with Crippen molar-refractivity contribution in [2.24, 2.45) is 0 Å². The fraction of sp³-hybridized carbons (Fsp3) is 0.429. The van der Waals surface area contributed by atoms with E-state index in [-0.39, 0.29) is 11.6 Å². The summed E-state index contributed by atoms with van der Waals surface area (Å²) in [6, 6.07) is 5.62. The lowest BCUT2D eigenvalue weighted by Gasteiger charge is -2.25. The number of halogens is 1. The minimum absolute atomic E-state index is 0.0203. The first-order valence-corrected chi connectivity index (χ1v) is 6.18. The van der Waals surface area contributed by atoms with Gasteiger partial charge < -0.3 is 4.90 Å². The maximum absolute atomic E-state index is 12.7. The predicted octanol–water partition coefficient (Wildman–Crippen LogP) is 2.06. The summed E-state index contributed by atoms with van der Waals surface area (Å²) in [6.45, 7) is 2.16. The quantitative estimate of drug-likeness (QED) is 0.766. The van der Waals surface area contributed by atoms with E-state index < -0.39 is 0 Å². The molecule has 1 aliphatic heterocycles. The number of Topliss-reactive ketones (excluding diaryl/α,β-unsaturated/α-hetero) is 2. The number of hydrogen-bond acceptors (Lipinski definition) is 3. The molecule has 0 radical (unpaired) electrons. The monoisotopic (exact) mass is 249 g/mol. The van der Waals surface area contributed by atoms with Gasteiger partial charge in [-0.2, -0.15) is 0 Å². The largest absolute Gasteiger partial charge is 0.302 e. The maximum Gasteiger partial charge on any atom is 0.164 e. The summed E-state index contributed by atoms with van der Waals surface area (Å²) < 4.78 is 12.7. The fourth-order valence-corrected chi connectivity index (χ4v) is 2.07. The van der Waals surface area contributed by atoms with Crippen LogP contribution in [0.3, 0.4) is 0 Å². The molecule has 0 aliphatic carbocycles. The Morgan fingerprint density at radius 1 is 1.17 bits per heavy atom. The van der Waals surface area contributed by atoms with Gasteiger partial charge in [-0.25, -0.2) is 4.39 Å². The Balaban J connectivity index is 1.81. The van der Waals surface area contributed by atoms with Crippen LogP contribution in [0.5, 0.6) is 0 Å². The molecule has 0 N–H and O–H groups in total. The molecule has 1 aromatic rings. The zero-order valence-electron chi connectivity index (χ0n) is 10.2. The Hall–Kier alpha value is -1.55. The molecule has 1 aromatic carbocycles. The zero-order chi connectivity index (χ0) is 13.0. The summed E-state index contributed by atoms with van der Waals surface area (Å²) in [4.78, 5) is 25.0. The molecule has 4 heteroatoms. The Morgan fingerprint density at radius 3 is 2.39 bits per heavy atom. The number of carbonyl (C=O) groups is 2. The van der Waals surface area contributed by atoms with Gasteiger partial charge >= 0.3 is 0 Å². The number of ketones is 2. The van der Waals surface area contributed by atoms with Gasteiger partial charge in [0, 0.05) is 44.5 Å². The van der Waals surface area contributed by atoms with Gasteiger partial charge in [-0.1, -0.05) is 0 Å². The lowest BCUT2D eigenvalue weighted by molar-refractivity contribution is -0.121. The second-order valence-electron chi connectivity index (χ2n) is 4.56. The normalized spacial score (nSPS) is 16.8. The van der Waals surface area contributed by atoms with Crippen molar-refractivity contribution in [1.29, 1.82) is 0 Å². The first-order valence-electron chi connectivity index (χ1n) is 6.18. The van der Waals surface area contributed by atoms with Gasteiger partial charge in [-0.15, -0.1) is 0 Å². The van der Waals surface area contributed by atoms with Crippen LogP contribution in [0.2, 0.25) is 0 Å². The van der Waals surface area contributed by atoms with Crippen molar-refractivity contribution in [3.8, 4) is 0 Å². The molecule has 0 unspecified atom stereocenters. The first-order chi connectivity index (χ1) is 8.65. The molecule has 0 aromatic heterocycles. The average Bonchev–Trinajstić information content (AvgIpc) is 2.38. The van der Waals surface area contributed by atoms with E-state index in [9.17, 15) is 14.0 Å². The highest BCUT2D eigenvalue weighted by Gasteiger charge is 2.16. The lowest BCUT2D eigenvalue weighted by Crippen LogP contribution is -2.35. The van der Waals surface area contributed by atoms with Gasteiger partial charge in [0.15, 0.2) is 5.78 Å². The smallest absolute Gasteiger partial charge is 0.164 e. The molecule has 0 atom stereocenters. The van der Waals surface area contributed by atoms with E-state index in [1.807, 2.05) is 0 Å². The number of hydrogen-bond donors (Lipinski definition) is 0. The molecule has 1 fully saturated rings. The zero-order valence-corrected chi connectivity index (χ0v) is 10.2. The molecule has 1 heterocycles. The summed E-state index contributed by atoms with van der Waals surface area (Å²) in [6.07, 6.45) is 1.59. The molecule has 0 saturated carbocycles. The summed E-state index contributed by atoms with van der Waals surface area (Å²) >= 11 is 0. The Bertz CT molecular complexity index is 432. The van der Waals surface area contributed by atoms with Crippen LogP contribution in [-0.4, -0.2) is 36.1 Å². The van der Waals surface area contributed by atoms with E-state index in [0.29, 0.717) is 37.2 Å². The van der Waals surface area contributed by atoms with Gasteiger partial charge in [0.1, 0.15) is 11.6 Å². The highest BCUT2D eigenvalue weighted by molar-refractivity contribution is 5.96. The van der Waals surface area contributed by atoms with Crippen LogP contribution in [0.4, 0.5) is 4.39 Å². The minimum Gasteiger partial charge on any atom is -0.302 e. The number of likely N-dealkylation sites (tertiary alicyclic amines) is 1. The van der Waals surface area contributed by atoms with Gasteiger partial charge in [0.05, 0.1) is 0 Å². The minimum atomic E-state index is -0.332. The number of benzene rings is 1. The molecule has 96 valence electrons. The van der Waals surface area contributed by atoms with Crippen LogP contribution < -0.4 is 0 Å². The van der Waals surface area contributed by atoms with Crippen molar-refractivity contribution in [2.75, 3.05) is 19.6 Å². The standard InChI is InChI=1S/C14H16FNO2/c15-12-3-1-11(2-4-12)14(18)7-10-16-8-5-13(17)6-9-16/h1-4H,5-10H2. The van der Waals surface area contributed by atoms with Crippen molar-refractivity contribution < 1.29 is 14.0 Å². The Kier molecular flexibility index (Phi) is 4.20. The maximum atomic E-state index is 12.7. The Labute approximate surface area is 106 Å². The van der Waals surface area contributed by atoms with Crippen LogP contribution in [0.15, 0.2) is 24.3 Å². The second kappa shape index (κ2) is 5.87. The van der Waals surface area contributed by atoms with Gasteiger partial charge in [0.2, 0.25) is 0 Å². The number of nitrogens with zero attached hydrogens (tertiary/aromatic N) is 1. The molecule has 0 bridgehead atoms. The summed E-state index contributed by atoms with van der Waals surface area (Å²) in [5.41, 5.74) is 0.546. The molecular formula is C14H16FNO2. The van der Waals surface area contributed by atoms with E-state index >= 15 is 0 Å². The van der Waals surface area contributed by atoms with E-state index in [2.05, 4.69) is 4.90 Å². The SMILES string of the molecule is O=C1CCN(CCC(=O)c2ccc(F)cc2)CC1. The summed E-state index contributed by atoms with van der Waals surface area (Å²) in [5, 5.41) is 0. The molecule has 2 rings (SSSR count). The van der Waals surface area contributed by atoms with Gasteiger partial charge in [-0.3, -0.25) is 9.59 Å². The van der Waals surface area contributed by atoms with E-state index in [0.717, 1.165) is 13.1 Å². The van der Waals surface area contributed by atoms with Crippen LogP contribution in [0.25, 0.3) is 0 Å². The third-order valence-electron chi connectivity index (χ3n) is 3.24. The summed E-state index contributed by atoms with van der Waals surface area (Å²) in [7, 11) is 0. The second-order valence-corrected chi connectivity index (χ2v) is 4.56. The van der Waals surface area contributed by atoms with Gasteiger partial charge in [0.25, 0.3) is 0 Å². The van der Waals surface area contributed by atoms with E-state index in [1.54, 1.807) is 0 Å². The highest BCUT2D eigenvalue weighted by atomic mass is 19.1. The first kappa shape index (κ1) is 12.9. The predicted molar refractivity (Wildman–Crippen MR) is 66.0 cm³/mol. The molecule has 0 spiro atoms. The van der Waals surface area contributed by atoms with E-state index in [4.69, 9.17) is 0 Å². The van der Waals surface area contributed by atoms with E-state index in [1.165, 1.54) is 24.3 Å². The average molecular weight is 249 g/mol. The molecular weight excluding hydrogens is 233 g/mol. The third kappa shape index (κ3) is 3.47. The van der Waals surface area contributed by atoms with Crippen LogP contribution in [0, 0.1) is 5.82 Å². The third-order valence-corrected chi connectivity index (χ3v) is 3.24. The van der Waals surface area contributed by atoms with Crippen molar-refractivity contribution in [1.82, 2.24) is 4.90 Å². The van der Waals surface area contributed by atoms with Crippen molar-refractivity contribution in [3.63, 3.8) is 0 Å². The number of carbonyl (C=O) groups excluding carboxylic acids is 2. The molecule has 3 nitrogen and oxygen atoms in total. The lowest BCUT2D eigenvalue weighted by atomic mass is 10.1. The van der Waals surface area contributed by atoms with Crippen molar-refractivity contribution in [2.45, 2.75) is 19.3 Å². The van der Waals surface area contributed by atoms with Crippen LogP contribution in [0.1, 0.15) is 29.6 Å². The molecule has 1 aliphatic rings. The number of piperidine rings is 1. The highest BCUT2D eigenvalue weighted by Crippen LogP contribution is 2.09. The molecule has 0 amide bonds. The topological polar surface area (TPSA) is 37.4 Å². The molecule has 18 heavy (non-hydrogen) atoms. The molecule has 1 saturated heterocycles. The van der Waals surface area contributed by atoms with Crippen molar-refractivity contribution >= 4 is 11.6 Å². The Morgan fingerprint density at radius 2 is 1.78 bits per heavy atom.